The zero-order valence-electron chi connectivity index (χ0n) is 44.1. The van der Waals surface area contributed by atoms with Gasteiger partial charge in [-0.05, 0) is 112 Å². The normalized spacial score (nSPS) is 24.9. The molecule has 0 spiro atoms. The Morgan fingerprint density at radius 2 is 1.66 bits per heavy atom. The van der Waals surface area contributed by atoms with Crippen molar-refractivity contribution in [2.75, 3.05) is 41.8 Å². The monoisotopic (exact) mass is 1070 g/mol. The third kappa shape index (κ3) is 11.4. The molecule has 6 aromatic rings. The van der Waals surface area contributed by atoms with Crippen LogP contribution in [0.5, 0.6) is 17.5 Å². The molecule has 19 nitrogen and oxygen atoms in total. The molecule has 3 aliphatic heterocycles. The Morgan fingerprint density at radius 3 is 2.39 bits per heavy atom. The van der Waals surface area contributed by atoms with Crippen LogP contribution in [0.4, 0.5) is 17.2 Å². The number of phenolic OH excluding ortho intramolecular Hbond substituents is 1. The molecule has 20 heteroatoms. The number of hydrogen-bond acceptors (Lipinski definition) is 18. The molecule has 1 unspecified atom stereocenters. The summed E-state index contributed by atoms with van der Waals surface area (Å²) in [5, 5.41) is 37.0. The number of aryl methyl sites for hydroxylation is 1. The van der Waals surface area contributed by atoms with E-state index in [9.17, 15) is 19.8 Å². The van der Waals surface area contributed by atoms with E-state index in [1.165, 1.54) is 16.2 Å². The van der Waals surface area contributed by atoms with E-state index < -0.39 is 18.1 Å². The second kappa shape index (κ2) is 22.6. The number of aliphatic hydroxyl groups excluding tert-OH is 1. The number of likely N-dealkylation sites (tertiary alicyclic amines) is 1. The number of thiazole rings is 1. The first-order chi connectivity index (χ1) is 37.3. The fourth-order valence-corrected chi connectivity index (χ4v) is 12.9. The van der Waals surface area contributed by atoms with Crippen molar-refractivity contribution in [1.29, 1.82) is 0 Å². The van der Waals surface area contributed by atoms with Gasteiger partial charge >= 0.3 is 0 Å². The lowest BCUT2D eigenvalue weighted by Gasteiger charge is -2.43. The first-order valence-corrected chi connectivity index (χ1v) is 28.2. The molecule has 8 heterocycles. The highest BCUT2D eigenvalue weighted by Gasteiger charge is 2.45. The average Bonchev–Trinajstić information content (AvgIpc) is 4.22. The molecule has 2 amide bonds. The van der Waals surface area contributed by atoms with Gasteiger partial charge in [0.25, 0.3) is 5.88 Å². The zero-order chi connectivity index (χ0) is 53.3. The fraction of sp³-hybridized carbons (Fsp3) is 0.509. The minimum absolute atomic E-state index is 0.0460. The average molecular weight is 1070 g/mol. The van der Waals surface area contributed by atoms with E-state index in [2.05, 4.69) is 57.6 Å². The maximum Gasteiger partial charge on any atom is 0.254 e. The number of rotatable bonds is 18. The second-order valence-corrected chi connectivity index (χ2v) is 22.8. The van der Waals surface area contributed by atoms with E-state index >= 15 is 0 Å². The first-order valence-electron chi connectivity index (χ1n) is 27.3. The molecule has 0 radical (unpaired) electrons. The smallest absolute Gasteiger partial charge is 0.254 e. The van der Waals surface area contributed by atoms with Gasteiger partial charge in [-0.1, -0.05) is 32.0 Å². The number of amides is 2. The van der Waals surface area contributed by atoms with Crippen molar-refractivity contribution in [3.8, 4) is 39.3 Å². The highest BCUT2D eigenvalue weighted by Crippen LogP contribution is 2.41. The van der Waals surface area contributed by atoms with E-state index in [0.29, 0.717) is 47.1 Å². The van der Waals surface area contributed by atoms with Crippen molar-refractivity contribution in [2.45, 2.75) is 146 Å². The van der Waals surface area contributed by atoms with Crippen LogP contribution in [0.2, 0.25) is 0 Å². The summed E-state index contributed by atoms with van der Waals surface area (Å²) in [5.41, 5.74) is 13.9. The number of phenols is 1. The molecule has 5 aromatic heterocycles. The van der Waals surface area contributed by atoms with Crippen LogP contribution in [0.15, 0.2) is 83.1 Å². The van der Waals surface area contributed by atoms with Crippen molar-refractivity contribution in [3.05, 3.63) is 95.6 Å². The van der Waals surface area contributed by atoms with E-state index in [-0.39, 0.29) is 72.9 Å². The minimum atomic E-state index is -0.844. The Bertz CT molecular complexity index is 3000. The Labute approximate surface area is 452 Å². The summed E-state index contributed by atoms with van der Waals surface area (Å²) in [7, 11) is 0. The first kappa shape index (κ1) is 52.2. The second-order valence-electron chi connectivity index (χ2n) is 22.0. The maximum atomic E-state index is 14.2. The molecular weight excluding hydrogens is 999 g/mol. The maximum absolute atomic E-state index is 14.2. The quantitative estimate of drug-likeness (QED) is 0.0637. The number of nitrogens with two attached hydrogens (primary N) is 1. The van der Waals surface area contributed by atoms with Crippen LogP contribution in [0, 0.1) is 18.8 Å². The van der Waals surface area contributed by atoms with E-state index in [1.807, 2.05) is 64.2 Å². The predicted molar refractivity (Wildman–Crippen MR) is 291 cm³/mol. The molecular formula is C57H69N11O8S. The van der Waals surface area contributed by atoms with Gasteiger partial charge in [0.05, 0.1) is 64.1 Å². The molecule has 6 atom stereocenters. The summed E-state index contributed by atoms with van der Waals surface area (Å²) in [6, 6.07) is 18.1. The zero-order valence-corrected chi connectivity index (χ0v) is 44.9. The molecule has 77 heavy (non-hydrogen) atoms. The van der Waals surface area contributed by atoms with Crippen LogP contribution in [0.1, 0.15) is 114 Å². The lowest BCUT2D eigenvalue weighted by atomic mass is 9.84. The van der Waals surface area contributed by atoms with E-state index in [0.717, 1.165) is 104 Å². The lowest BCUT2D eigenvalue weighted by Crippen LogP contribution is -2.54. The van der Waals surface area contributed by atoms with Crippen LogP contribution in [-0.2, 0) is 14.3 Å². The molecule has 2 saturated carbocycles. The van der Waals surface area contributed by atoms with Gasteiger partial charge in [0.15, 0.2) is 11.6 Å². The number of nitrogens with zero attached hydrogens (tertiary/aromatic N) is 9. The van der Waals surface area contributed by atoms with Crippen LogP contribution in [0.3, 0.4) is 0 Å². The largest absolute Gasteiger partial charge is 0.507 e. The van der Waals surface area contributed by atoms with Crippen molar-refractivity contribution in [1.82, 2.24) is 40.5 Å². The number of β-amino-alcohol motifs (C(OH)–C–C–N with tert-alkyl or cyclic N) is 1. The van der Waals surface area contributed by atoms with Gasteiger partial charge in [-0.15, -0.1) is 21.5 Å². The Morgan fingerprint density at radius 1 is 0.870 bits per heavy atom. The van der Waals surface area contributed by atoms with E-state index in [4.69, 9.17) is 24.5 Å². The van der Waals surface area contributed by atoms with Gasteiger partial charge in [0.1, 0.15) is 23.8 Å². The SMILES string of the molecule is Cc1ncsc1-c1ccc([C@H](C)NC(=O)[C@@H]2C[C@@H](O)CN2C(=O)[C@@H](c2cc(OCCC3CCC(OC4CC(Oc5cc(N6C7CC[C@@H]6CN(c6cc(-c8ccccc8O)nnc6N)C7)ccn5)C4)CC3)no2)C(C)C)cn1. The number of benzene rings is 1. The highest BCUT2D eigenvalue weighted by atomic mass is 32.1. The Kier molecular flexibility index (Phi) is 15.3. The molecule has 2 bridgehead atoms. The van der Waals surface area contributed by atoms with Crippen LogP contribution in [0.25, 0.3) is 21.8 Å². The number of hydrogen-bond donors (Lipinski definition) is 4. The van der Waals surface area contributed by atoms with Gasteiger partial charge < -0.3 is 54.7 Å². The number of nitrogen functional groups attached to an aromatic ring is 1. The van der Waals surface area contributed by atoms with Crippen molar-refractivity contribution >= 4 is 40.3 Å². The molecule has 2 aliphatic carbocycles. The number of fused-ring (bicyclic) bond motifs is 2. The summed E-state index contributed by atoms with van der Waals surface area (Å²) >= 11 is 1.53. The third-order valence-corrected chi connectivity index (χ3v) is 17.3. The lowest BCUT2D eigenvalue weighted by molar-refractivity contribution is -0.141. The minimum Gasteiger partial charge on any atom is -0.507 e. The number of aromatic hydroxyl groups is 1. The number of carbonyl (C=O) groups is 2. The molecule has 1 aromatic carbocycles. The summed E-state index contributed by atoms with van der Waals surface area (Å²) in [4.78, 5) is 48.8. The molecule has 3 saturated heterocycles. The van der Waals surface area contributed by atoms with Gasteiger partial charge in [0, 0.05) is 86.8 Å². The fourth-order valence-electron chi connectivity index (χ4n) is 12.1. The van der Waals surface area contributed by atoms with Crippen molar-refractivity contribution < 1.29 is 38.5 Å². The number of anilines is 3. The van der Waals surface area contributed by atoms with E-state index in [1.54, 1.807) is 29.9 Å². The number of carbonyl (C=O) groups excluding carboxylic acids is 2. The van der Waals surface area contributed by atoms with Crippen LogP contribution in [-0.4, -0.2) is 126 Å². The molecule has 5 aliphatic rings. The standard InChI is InChI=1S/C57H69N11O8S/c1-32(2)53(57(72)67-30-40(69)22-48(67)56(71)62-33(3)36-11-16-45(60-27-36)54-34(4)61-31-77-54)50-26-52(65-76-50)73-20-18-35-9-14-41(15-10-35)74-42-23-43(24-42)75-51-21-37(17-19-59-51)68-38-12-13-39(68)29-66(28-38)47-25-46(63-64-55(47)58)44-7-5-6-8-49(44)70/h5-8,11,16-17,19,21,25-27,31-33,35,38-43,48,53,69-70H,9-10,12-15,18,20,22-24,28-30H2,1-4H3,(H2,58,64)(H,62,71)/t33-,35?,38+,39?,40+,41?,42?,43?,48-,53+/m0/s1. The predicted octanol–water partition coefficient (Wildman–Crippen LogP) is 8.03. The summed E-state index contributed by atoms with van der Waals surface area (Å²) in [6.07, 6.45) is 12.2. The summed E-state index contributed by atoms with van der Waals surface area (Å²) < 4.78 is 24.8. The van der Waals surface area contributed by atoms with Gasteiger partial charge in [0.2, 0.25) is 17.7 Å². The van der Waals surface area contributed by atoms with Crippen molar-refractivity contribution in [3.63, 3.8) is 0 Å². The Hall–Kier alpha value is -6.90. The number of piperazine rings is 1. The molecule has 5 N–H and O–H groups in total. The van der Waals surface area contributed by atoms with Crippen LogP contribution < -0.4 is 30.3 Å². The summed E-state index contributed by atoms with van der Waals surface area (Å²) in [6.45, 7) is 9.79. The topological polar surface area (TPSA) is 241 Å². The number of ether oxygens (including phenoxy) is 3. The van der Waals surface area contributed by atoms with Gasteiger partial charge in [-0.3, -0.25) is 14.6 Å². The Balaban J connectivity index is 0.601. The van der Waals surface area contributed by atoms with Crippen LogP contribution >= 0.6 is 11.3 Å². The molecule has 5 fully saturated rings. The summed E-state index contributed by atoms with van der Waals surface area (Å²) in [5.74, 6) is 0.849. The number of aromatic nitrogens is 6. The number of aliphatic hydroxyl groups is 1. The van der Waals surface area contributed by atoms with Gasteiger partial charge in [-0.25, -0.2) is 9.97 Å². The number of nitrogens with one attached hydrogen (secondary N) is 1. The number of para-hydroxylation sites is 1. The molecule has 11 rings (SSSR count). The number of pyridine rings is 2. The van der Waals surface area contributed by atoms with Crippen molar-refractivity contribution in [2.24, 2.45) is 11.8 Å². The van der Waals surface area contributed by atoms with Gasteiger partial charge in [-0.2, -0.15) is 0 Å². The highest BCUT2D eigenvalue weighted by molar-refractivity contribution is 7.13. The molecule has 406 valence electrons. The third-order valence-electron chi connectivity index (χ3n) is 16.3.